The lowest BCUT2D eigenvalue weighted by Crippen LogP contribution is -2.16. The molecule has 1 amide bonds. The number of hydrazone groups is 1. The number of carbonyl (C=O) groups is 1. The minimum Gasteiger partial charge on any atom is -0.395 e. The van der Waals surface area contributed by atoms with Gasteiger partial charge >= 0.3 is 11.8 Å². The first kappa shape index (κ1) is 14.8. The zero-order chi connectivity index (χ0) is 16.1. The minimum absolute atomic E-state index is 0.114. The summed E-state index contributed by atoms with van der Waals surface area (Å²) in [6.45, 7) is 0. The Bertz CT molecular complexity index is 766. The Morgan fingerprint density at radius 2 is 1.95 bits per heavy atom. The first-order valence-corrected chi connectivity index (χ1v) is 5.79. The van der Waals surface area contributed by atoms with Gasteiger partial charge in [-0.15, -0.1) is 0 Å². The molecule has 0 atom stereocenters. The molecular weight excluding hydrogens is 296 g/mol. The van der Waals surface area contributed by atoms with Gasteiger partial charge in [-0.05, 0) is 6.07 Å². The summed E-state index contributed by atoms with van der Waals surface area (Å²) in [6.07, 6.45) is 1.20. The number of carbonyl (C=O) groups excluding carboxylic acids is 1. The number of benzene rings is 1. The van der Waals surface area contributed by atoms with Crippen molar-refractivity contribution in [3.63, 3.8) is 0 Å². The average Bonchev–Trinajstić information content (AvgIpc) is 2.97. The van der Waals surface area contributed by atoms with Crippen LogP contribution in [0.1, 0.15) is 16.1 Å². The molecule has 0 radical (unpaired) electrons. The standard InChI is InChI=1S/C12H8N4O6/c17-12(10-4-5-11(22-10)16(20)21)14-13-7-8-2-1-3-9(6-8)15(18)19/h1-7H,(H,14,17)/b13-7+. The number of nitro groups is 2. The highest BCUT2D eigenvalue weighted by atomic mass is 16.6. The SMILES string of the molecule is O=C(N/N=C/c1cccc([N+](=O)[O-])c1)c1ccc([N+](=O)[O-])o1. The molecule has 112 valence electrons. The van der Waals surface area contributed by atoms with Gasteiger partial charge in [0.05, 0.1) is 17.2 Å². The molecule has 1 heterocycles. The molecule has 1 aromatic carbocycles. The zero-order valence-electron chi connectivity index (χ0n) is 10.8. The van der Waals surface area contributed by atoms with E-state index in [1.807, 2.05) is 0 Å². The number of non-ortho nitro benzene ring substituents is 1. The zero-order valence-corrected chi connectivity index (χ0v) is 10.8. The third-order valence-electron chi connectivity index (χ3n) is 2.46. The lowest BCUT2D eigenvalue weighted by atomic mass is 10.2. The molecule has 0 bridgehead atoms. The van der Waals surface area contributed by atoms with Crippen molar-refractivity contribution < 1.29 is 19.1 Å². The monoisotopic (exact) mass is 304 g/mol. The number of nitro benzene ring substituents is 1. The summed E-state index contributed by atoms with van der Waals surface area (Å²) in [5.41, 5.74) is 2.38. The van der Waals surface area contributed by atoms with E-state index in [-0.39, 0.29) is 11.4 Å². The quantitative estimate of drug-likeness (QED) is 0.507. The topological polar surface area (TPSA) is 141 Å². The fourth-order valence-electron chi connectivity index (χ4n) is 1.49. The first-order chi connectivity index (χ1) is 10.5. The normalized spacial score (nSPS) is 10.5. The van der Waals surface area contributed by atoms with Crippen LogP contribution in [0.15, 0.2) is 45.9 Å². The maximum absolute atomic E-state index is 11.6. The number of furan rings is 1. The van der Waals surface area contributed by atoms with Crippen molar-refractivity contribution in [2.75, 3.05) is 0 Å². The molecule has 0 saturated carbocycles. The van der Waals surface area contributed by atoms with Gasteiger partial charge in [0.1, 0.15) is 4.92 Å². The molecule has 1 N–H and O–H groups in total. The summed E-state index contributed by atoms with van der Waals surface area (Å²) in [6, 6.07) is 7.79. The fourth-order valence-corrected chi connectivity index (χ4v) is 1.49. The Morgan fingerprint density at radius 1 is 1.18 bits per heavy atom. The van der Waals surface area contributed by atoms with Gasteiger partial charge in [-0.1, -0.05) is 12.1 Å². The van der Waals surface area contributed by atoms with Crippen molar-refractivity contribution >= 4 is 23.7 Å². The third kappa shape index (κ3) is 3.50. The Balaban J connectivity index is 2.02. The molecule has 10 nitrogen and oxygen atoms in total. The van der Waals surface area contributed by atoms with Gasteiger partial charge in [-0.25, -0.2) is 5.43 Å². The van der Waals surface area contributed by atoms with E-state index in [9.17, 15) is 25.0 Å². The third-order valence-corrected chi connectivity index (χ3v) is 2.46. The van der Waals surface area contributed by atoms with Gasteiger partial charge in [0, 0.05) is 17.7 Å². The van der Waals surface area contributed by atoms with Crippen LogP contribution in [0.25, 0.3) is 0 Å². The van der Waals surface area contributed by atoms with E-state index in [1.165, 1.54) is 24.4 Å². The Labute approximate surface area is 122 Å². The summed E-state index contributed by atoms with van der Waals surface area (Å²) in [7, 11) is 0. The summed E-state index contributed by atoms with van der Waals surface area (Å²) < 4.78 is 4.69. The van der Waals surface area contributed by atoms with Crippen LogP contribution >= 0.6 is 0 Å². The highest BCUT2D eigenvalue weighted by Gasteiger charge is 2.16. The van der Waals surface area contributed by atoms with Crippen molar-refractivity contribution in [3.8, 4) is 0 Å². The fraction of sp³-hybridized carbons (Fsp3) is 0. The number of hydrogen-bond acceptors (Lipinski definition) is 7. The highest BCUT2D eigenvalue weighted by molar-refractivity contribution is 5.92. The van der Waals surface area contributed by atoms with E-state index in [2.05, 4.69) is 14.9 Å². The van der Waals surface area contributed by atoms with Crippen molar-refractivity contribution in [1.29, 1.82) is 0 Å². The summed E-state index contributed by atoms with van der Waals surface area (Å²) >= 11 is 0. The van der Waals surface area contributed by atoms with Crippen LogP contribution in [0, 0.1) is 20.2 Å². The maximum Gasteiger partial charge on any atom is 0.433 e. The molecule has 0 aliphatic carbocycles. The number of amides is 1. The second kappa shape index (κ2) is 6.26. The Hall–Kier alpha value is -3.56. The van der Waals surface area contributed by atoms with E-state index >= 15 is 0 Å². The second-order valence-electron chi connectivity index (χ2n) is 3.95. The van der Waals surface area contributed by atoms with Crippen molar-refractivity contribution in [2.45, 2.75) is 0 Å². The van der Waals surface area contributed by atoms with Gasteiger partial charge in [0.2, 0.25) is 5.76 Å². The van der Waals surface area contributed by atoms with Gasteiger partial charge in [0.25, 0.3) is 5.69 Å². The second-order valence-corrected chi connectivity index (χ2v) is 3.95. The molecule has 0 spiro atoms. The van der Waals surface area contributed by atoms with Crippen LogP contribution in [0.3, 0.4) is 0 Å². The van der Waals surface area contributed by atoms with Crippen LogP contribution in [0.4, 0.5) is 11.6 Å². The van der Waals surface area contributed by atoms with Crippen LogP contribution in [0.2, 0.25) is 0 Å². The maximum atomic E-state index is 11.6. The Morgan fingerprint density at radius 3 is 2.59 bits per heavy atom. The molecule has 0 saturated heterocycles. The van der Waals surface area contributed by atoms with Crippen LogP contribution < -0.4 is 5.43 Å². The molecule has 2 rings (SSSR count). The molecule has 22 heavy (non-hydrogen) atoms. The number of rotatable bonds is 5. The van der Waals surface area contributed by atoms with E-state index in [0.29, 0.717) is 5.56 Å². The van der Waals surface area contributed by atoms with E-state index in [4.69, 9.17) is 0 Å². The molecule has 2 aromatic rings. The van der Waals surface area contributed by atoms with E-state index < -0.39 is 21.6 Å². The van der Waals surface area contributed by atoms with Gasteiger partial charge < -0.3 is 4.42 Å². The molecule has 0 aliphatic heterocycles. The predicted molar refractivity (Wildman–Crippen MR) is 73.5 cm³/mol. The first-order valence-electron chi connectivity index (χ1n) is 5.79. The van der Waals surface area contributed by atoms with Crippen LogP contribution in [0.5, 0.6) is 0 Å². The molecule has 0 aliphatic rings. The summed E-state index contributed by atoms with van der Waals surface area (Å²) in [5, 5.41) is 24.6. The average molecular weight is 304 g/mol. The number of nitrogens with one attached hydrogen (secondary N) is 1. The Kier molecular flexibility index (Phi) is 4.22. The molecule has 0 fully saturated rings. The number of nitrogens with zero attached hydrogens (tertiary/aromatic N) is 3. The molecular formula is C12H8N4O6. The number of hydrogen-bond donors (Lipinski definition) is 1. The largest absolute Gasteiger partial charge is 0.433 e. The van der Waals surface area contributed by atoms with Crippen LogP contribution in [-0.2, 0) is 0 Å². The minimum atomic E-state index is -0.783. The smallest absolute Gasteiger partial charge is 0.395 e. The highest BCUT2D eigenvalue weighted by Crippen LogP contribution is 2.15. The van der Waals surface area contributed by atoms with E-state index in [1.54, 1.807) is 6.07 Å². The van der Waals surface area contributed by atoms with E-state index in [0.717, 1.165) is 12.1 Å². The molecule has 10 heteroatoms. The van der Waals surface area contributed by atoms with Crippen molar-refractivity contribution in [2.24, 2.45) is 5.10 Å². The summed E-state index contributed by atoms with van der Waals surface area (Å²) in [4.78, 5) is 31.3. The van der Waals surface area contributed by atoms with Gasteiger partial charge in [0.15, 0.2) is 0 Å². The lowest BCUT2D eigenvalue weighted by molar-refractivity contribution is -0.402. The summed E-state index contributed by atoms with van der Waals surface area (Å²) in [5.74, 6) is -1.62. The molecule has 0 unspecified atom stereocenters. The van der Waals surface area contributed by atoms with Crippen LogP contribution in [-0.4, -0.2) is 22.0 Å². The van der Waals surface area contributed by atoms with Crippen molar-refractivity contribution in [3.05, 3.63) is 68.0 Å². The predicted octanol–water partition coefficient (Wildman–Crippen LogP) is 1.86. The van der Waals surface area contributed by atoms with Gasteiger partial charge in [-0.3, -0.25) is 25.0 Å². The van der Waals surface area contributed by atoms with Gasteiger partial charge in [-0.2, -0.15) is 5.10 Å². The lowest BCUT2D eigenvalue weighted by Gasteiger charge is -1.96. The van der Waals surface area contributed by atoms with Crippen molar-refractivity contribution in [1.82, 2.24) is 5.43 Å². The molecule has 1 aromatic heterocycles.